The fourth-order valence-electron chi connectivity index (χ4n) is 1.99. The first-order valence-electron chi connectivity index (χ1n) is 7.07. The molecule has 0 radical (unpaired) electrons. The summed E-state index contributed by atoms with van der Waals surface area (Å²) in [6.07, 6.45) is 1.32. The number of hydrogen-bond donors (Lipinski definition) is 1. The van der Waals surface area contributed by atoms with E-state index in [1.54, 1.807) is 11.8 Å². The summed E-state index contributed by atoms with van der Waals surface area (Å²) in [5, 5.41) is 0. The second-order valence-electron chi connectivity index (χ2n) is 4.60. The summed E-state index contributed by atoms with van der Waals surface area (Å²) >= 11 is 1.67. The van der Waals surface area contributed by atoms with Gasteiger partial charge in [-0.1, -0.05) is 6.92 Å². The summed E-state index contributed by atoms with van der Waals surface area (Å²) in [5.41, 5.74) is 0.147. The predicted octanol–water partition coefficient (Wildman–Crippen LogP) is 0.945. The van der Waals surface area contributed by atoms with Crippen molar-refractivity contribution in [3.8, 4) is 0 Å². The summed E-state index contributed by atoms with van der Waals surface area (Å²) in [4.78, 5) is 14.6. The second-order valence-corrected chi connectivity index (χ2v) is 7.93. The molecular weight excluding hydrogens is 328 g/mol. The van der Waals surface area contributed by atoms with Crippen LogP contribution in [-0.2, 0) is 19.5 Å². The van der Waals surface area contributed by atoms with Crippen LogP contribution in [0.1, 0.15) is 17.4 Å². The van der Waals surface area contributed by atoms with Gasteiger partial charge in [-0.05, 0) is 11.8 Å². The largest absolute Gasteiger partial charge is 0.460 e. The van der Waals surface area contributed by atoms with Gasteiger partial charge in [0.25, 0.3) is 0 Å². The van der Waals surface area contributed by atoms with E-state index in [2.05, 4.69) is 4.98 Å². The number of nitrogens with one attached hydrogen (secondary N) is 1. The summed E-state index contributed by atoms with van der Waals surface area (Å²) in [6.45, 7) is 3.74. The zero-order valence-electron chi connectivity index (χ0n) is 12.4. The molecular formula is C13H20N2O5S2. The normalized spacial score (nSPS) is 16.6. The second kappa shape index (κ2) is 8.00. The van der Waals surface area contributed by atoms with E-state index in [0.717, 1.165) is 11.5 Å². The van der Waals surface area contributed by atoms with Crippen LogP contribution in [-0.4, -0.2) is 68.1 Å². The number of esters is 1. The lowest BCUT2D eigenvalue weighted by atomic mass is 10.4. The average Bonchev–Trinajstić information content (AvgIpc) is 3.03. The van der Waals surface area contributed by atoms with Crippen molar-refractivity contribution in [3.63, 3.8) is 0 Å². The highest BCUT2D eigenvalue weighted by Gasteiger charge is 2.28. The summed E-state index contributed by atoms with van der Waals surface area (Å²) in [5.74, 6) is 1.14. The maximum atomic E-state index is 12.4. The van der Waals surface area contributed by atoms with Crippen LogP contribution in [0.15, 0.2) is 17.2 Å². The van der Waals surface area contributed by atoms with E-state index in [9.17, 15) is 13.2 Å². The number of rotatable bonds is 7. The van der Waals surface area contributed by atoms with Crippen molar-refractivity contribution in [2.75, 3.05) is 44.4 Å². The maximum Gasteiger partial charge on any atom is 0.354 e. The Kier molecular flexibility index (Phi) is 6.30. The molecule has 1 aliphatic rings. The number of aromatic amines is 1. The van der Waals surface area contributed by atoms with E-state index < -0.39 is 16.0 Å². The smallest absolute Gasteiger partial charge is 0.354 e. The lowest BCUT2D eigenvalue weighted by Crippen LogP contribution is -2.40. The molecule has 124 valence electrons. The van der Waals surface area contributed by atoms with Gasteiger partial charge >= 0.3 is 5.97 Å². The number of ether oxygens (including phenoxy) is 2. The van der Waals surface area contributed by atoms with Gasteiger partial charge in [-0.25, -0.2) is 13.2 Å². The van der Waals surface area contributed by atoms with Gasteiger partial charge in [-0.15, -0.1) is 0 Å². The van der Waals surface area contributed by atoms with Gasteiger partial charge in [-0.2, -0.15) is 16.1 Å². The summed E-state index contributed by atoms with van der Waals surface area (Å²) < 4.78 is 36.4. The number of sulfonamides is 1. The molecule has 0 saturated carbocycles. The molecule has 0 aliphatic carbocycles. The van der Waals surface area contributed by atoms with Crippen LogP contribution >= 0.6 is 11.8 Å². The molecule has 1 aromatic rings. The number of hydrogen-bond acceptors (Lipinski definition) is 6. The van der Waals surface area contributed by atoms with Crippen LogP contribution in [0, 0.1) is 0 Å². The van der Waals surface area contributed by atoms with Crippen molar-refractivity contribution < 1.29 is 22.7 Å². The lowest BCUT2D eigenvalue weighted by Gasteiger charge is -2.25. The van der Waals surface area contributed by atoms with Crippen molar-refractivity contribution >= 4 is 27.8 Å². The third-order valence-corrected chi connectivity index (χ3v) is 5.89. The molecule has 1 fully saturated rings. The Labute approximate surface area is 134 Å². The van der Waals surface area contributed by atoms with Crippen molar-refractivity contribution in [2.45, 2.75) is 11.8 Å². The topological polar surface area (TPSA) is 88.7 Å². The summed E-state index contributed by atoms with van der Waals surface area (Å²) in [6, 6.07) is 1.32. The zero-order valence-corrected chi connectivity index (χ0v) is 14.0. The average molecular weight is 348 g/mol. The monoisotopic (exact) mass is 348 g/mol. The quantitative estimate of drug-likeness (QED) is 0.583. The minimum Gasteiger partial charge on any atom is -0.460 e. The minimum absolute atomic E-state index is 0.0734. The van der Waals surface area contributed by atoms with Crippen LogP contribution in [0.3, 0.4) is 0 Å². The lowest BCUT2D eigenvalue weighted by molar-refractivity contribution is 0.0524. The fraction of sp³-hybridized carbons (Fsp3) is 0.615. The van der Waals surface area contributed by atoms with Gasteiger partial charge in [0.05, 0.1) is 13.2 Å². The number of carbonyl (C=O) groups excluding carboxylic acids is 1. The van der Waals surface area contributed by atoms with Crippen molar-refractivity contribution in [1.82, 2.24) is 9.29 Å². The van der Waals surface area contributed by atoms with E-state index in [0.29, 0.717) is 32.9 Å². The number of thioether (sulfide) groups is 1. The highest BCUT2D eigenvalue weighted by atomic mass is 32.2. The molecule has 0 amide bonds. The molecule has 9 heteroatoms. The van der Waals surface area contributed by atoms with Gasteiger partial charge in [0.15, 0.2) is 0 Å². The van der Waals surface area contributed by atoms with Crippen molar-refractivity contribution in [2.24, 2.45) is 0 Å². The van der Waals surface area contributed by atoms with Gasteiger partial charge < -0.3 is 14.5 Å². The third-order valence-electron chi connectivity index (χ3n) is 3.15. The molecule has 1 aliphatic heterocycles. The van der Waals surface area contributed by atoms with Gasteiger partial charge in [-0.3, -0.25) is 0 Å². The summed E-state index contributed by atoms with van der Waals surface area (Å²) in [7, 11) is -3.59. The minimum atomic E-state index is -3.59. The molecule has 2 heterocycles. The van der Waals surface area contributed by atoms with E-state index in [1.165, 1.54) is 16.6 Å². The zero-order chi connectivity index (χ0) is 16.0. The van der Waals surface area contributed by atoms with Gasteiger partial charge in [0.1, 0.15) is 17.2 Å². The molecule has 0 atom stereocenters. The predicted molar refractivity (Wildman–Crippen MR) is 83.7 cm³/mol. The fourth-order valence-corrected chi connectivity index (χ4v) is 3.89. The molecule has 0 unspecified atom stereocenters. The molecule has 2 rings (SSSR count). The molecule has 0 aromatic carbocycles. The van der Waals surface area contributed by atoms with Crippen LogP contribution in [0.25, 0.3) is 0 Å². The molecule has 1 N–H and O–H groups in total. The molecule has 0 bridgehead atoms. The third kappa shape index (κ3) is 4.25. The standard InChI is InChI=1S/C13H20N2O5S2/c1-2-21-8-7-20-13(16)12-9-11(10-14-12)22(17,18)15-3-5-19-6-4-15/h9-10,14H,2-8H2,1H3. The first-order chi connectivity index (χ1) is 10.6. The van der Waals surface area contributed by atoms with Crippen LogP contribution in [0.5, 0.6) is 0 Å². The Balaban J connectivity index is 1.99. The number of H-pyrrole nitrogens is 1. The number of nitrogens with zero attached hydrogens (tertiary/aromatic N) is 1. The molecule has 7 nitrogen and oxygen atoms in total. The number of aromatic nitrogens is 1. The highest BCUT2D eigenvalue weighted by molar-refractivity contribution is 7.99. The molecule has 1 saturated heterocycles. The first-order valence-corrected chi connectivity index (χ1v) is 9.66. The Hall–Kier alpha value is -1.03. The Bertz CT molecular complexity index is 593. The Morgan fingerprint density at radius 1 is 1.45 bits per heavy atom. The van der Waals surface area contributed by atoms with E-state index in [4.69, 9.17) is 9.47 Å². The SMILES string of the molecule is CCSCCOC(=O)c1cc(S(=O)(=O)N2CCOCC2)c[nH]1. The van der Waals surface area contributed by atoms with E-state index >= 15 is 0 Å². The van der Waals surface area contributed by atoms with Crippen molar-refractivity contribution in [1.29, 1.82) is 0 Å². The maximum absolute atomic E-state index is 12.4. The van der Waals surface area contributed by atoms with Gasteiger partial charge in [0.2, 0.25) is 10.0 Å². The van der Waals surface area contributed by atoms with Gasteiger partial charge in [0, 0.05) is 25.0 Å². The van der Waals surface area contributed by atoms with Crippen LogP contribution in [0.4, 0.5) is 0 Å². The van der Waals surface area contributed by atoms with E-state index in [-0.39, 0.29) is 10.6 Å². The van der Waals surface area contributed by atoms with E-state index in [1.807, 2.05) is 6.92 Å². The molecule has 0 spiro atoms. The molecule has 22 heavy (non-hydrogen) atoms. The Morgan fingerprint density at radius 2 is 2.18 bits per heavy atom. The first kappa shape index (κ1) is 17.3. The van der Waals surface area contributed by atoms with Crippen LogP contribution < -0.4 is 0 Å². The number of carbonyl (C=O) groups is 1. The Morgan fingerprint density at radius 3 is 2.86 bits per heavy atom. The molecule has 1 aromatic heterocycles. The number of morpholine rings is 1. The highest BCUT2D eigenvalue weighted by Crippen LogP contribution is 2.18. The van der Waals surface area contributed by atoms with Crippen molar-refractivity contribution in [3.05, 3.63) is 18.0 Å². The van der Waals surface area contributed by atoms with Crippen LogP contribution in [0.2, 0.25) is 0 Å².